The summed E-state index contributed by atoms with van der Waals surface area (Å²) >= 11 is 0. The molecule has 16 heavy (non-hydrogen) atoms. The molecule has 0 fully saturated rings. The Kier molecular flexibility index (Phi) is 9.15. The fraction of sp³-hybridized carbons (Fsp3) is 0.769. The van der Waals surface area contributed by atoms with E-state index in [0.717, 1.165) is 37.9 Å². The smallest absolute Gasteiger partial charge is 0.0974 e. The van der Waals surface area contributed by atoms with Gasteiger partial charge in [0.25, 0.3) is 0 Å². The highest BCUT2D eigenvalue weighted by molar-refractivity contribution is 5.92. The highest BCUT2D eigenvalue weighted by atomic mass is 14.9. The zero-order valence-electron chi connectivity index (χ0n) is 10.9. The van der Waals surface area contributed by atoms with Crippen LogP contribution in [0.2, 0.25) is 0 Å². The van der Waals surface area contributed by atoms with Gasteiger partial charge in [-0.15, -0.1) is 0 Å². The average Bonchev–Trinajstić information content (AvgIpc) is 2.15. The minimum atomic E-state index is -0.0614. The van der Waals surface area contributed by atoms with E-state index in [9.17, 15) is 0 Å². The van der Waals surface area contributed by atoms with Gasteiger partial charge >= 0.3 is 0 Å². The van der Waals surface area contributed by atoms with E-state index in [2.05, 4.69) is 31.0 Å². The van der Waals surface area contributed by atoms with Gasteiger partial charge in [0, 0.05) is 5.71 Å². The van der Waals surface area contributed by atoms with Crippen LogP contribution in [0.25, 0.3) is 0 Å². The summed E-state index contributed by atoms with van der Waals surface area (Å²) in [7, 11) is 0. The molecule has 94 valence electrons. The van der Waals surface area contributed by atoms with Crippen LogP contribution in [0, 0.1) is 5.92 Å². The lowest BCUT2D eigenvalue weighted by Gasteiger charge is -2.09. The Hall–Kier alpha value is -0.670. The molecule has 0 rings (SSSR count). The van der Waals surface area contributed by atoms with Gasteiger partial charge in [-0.2, -0.15) is 0 Å². The van der Waals surface area contributed by atoms with E-state index in [1.807, 2.05) is 6.92 Å². The third-order valence-electron chi connectivity index (χ3n) is 2.27. The summed E-state index contributed by atoms with van der Waals surface area (Å²) in [4.78, 5) is 4.42. The topological polar surface area (TPSA) is 64.4 Å². The summed E-state index contributed by atoms with van der Waals surface area (Å²) in [6.07, 6.45) is 8.40. The first-order valence-corrected chi connectivity index (χ1v) is 6.22. The number of nitrogens with two attached hydrogens (primary N) is 2. The molecule has 4 N–H and O–H groups in total. The summed E-state index contributed by atoms with van der Waals surface area (Å²) < 4.78 is 0. The van der Waals surface area contributed by atoms with Gasteiger partial charge < -0.3 is 11.5 Å². The normalized spacial score (nSPS) is 15.0. The number of unbranched alkanes of at least 4 members (excludes halogenated alkanes) is 2. The van der Waals surface area contributed by atoms with Crippen molar-refractivity contribution in [3.63, 3.8) is 0 Å². The van der Waals surface area contributed by atoms with Crippen molar-refractivity contribution in [1.82, 2.24) is 0 Å². The molecule has 0 saturated carbocycles. The van der Waals surface area contributed by atoms with E-state index < -0.39 is 0 Å². The minimum absolute atomic E-state index is 0.0614. The number of rotatable bonds is 8. The average molecular weight is 225 g/mol. The minimum Gasteiger partial charge on any atom is -0.330 e. The van der Waals surface area contributed by atoms with Gasteiger partial charge in [-0.25, -0.2) is 0 Å². The molecule has 0 aliphatic rings. The fourth-order valence-corrected chi connectivity index (χ4v) is 1.50. The first kappa shape index (κ1) is 15.3. The first-order valence-electron chi connectivity index (χ1n) is 6.22. The number of nitrogens with zero attached hydrogens (tertiary/aromatic N) is 1. The van der Waals surface area contributed by atoms with Crippen LogP contribution in [-0.4, -0.2) is 18.4 Å². The summed E-state index contributed by atoms with van der Waals surface area (Å²) in [6.45, 7) is 7.10. The van der Waals surface area contributed by atoms with Crippen LogP contribution in [0.3, 0.4) is 0 Å². The van der Waals surface area contributed by atoms with Crippen molar-refractivity contribution in [2.75, 3.05) is 6.54 Å². The van der Waals surface area contributed by atoms with Crippen LogP contribution >= 0.6 is 0 Å². The second-order valence-electron chi connectivity index (χ2n) is 4.65. The lowest BCUT2D eigenvalue weighted by molar-refractivity contribution is 0.508. The SMILES string of the molecule is CC(C=CCCCCN)=NC(N)CC(C)C. The van der Waals surface area contributed by atoms with Crippen LogP contribution in [0.1, 0.15) is 46.5 Å². The highest BCUT2D eigenvalue weighted by Gasteiger charge is 2.02. The van der Waals surface area contributed by atoms with E-state index in [1.165, 1.54) is 0 Å². The Balaban J connectivity index is 3.84. The van der Waals surface area contributed by atoms with Gasteiger partial charge in [-0.3, -0.25) is 4.99 Å². The molecule has 3 heteroatoms. The van der Waals surface area contributed by atoms with Crippen LogP contribution < -0.4 is 11.5 Å². The molecule has 0 aromatic rings. The fourth-order valence-electron chi connectivity index (χ4n) is 1.50. The maximum atomic E-state index is 5.89. The first-order chi connectivity index (χ1) is 7.56. The Morgan fingerprint density at radius 1 is 1.31 bits per heavy atom. The van der Waals surface area contributed by atoms with Crippen molar-refractivity contribution >= 4 is 5.71 Å². The zero-order valence-corrected chi connectivity index (χ0v) is 10.9. The summed E-state index contributed by atoms with van der Waals surface area (Å²) in [5.41, 5.74) is 12.3. The molecule has 0 spiro atoms. The van der Waals surface area contributed by atoms with Crippen molar-refractivity contribution in [1.29, 1.82) is 0 Å². The monoisotopic (exact) mass is 225 g/mol. The number of hydrogen-bond acceptors (Lipinski definition) is 3. The van der Waals surface area contributed by atoms with Crippen molar-refractivity contribution in [3.05, 3.63) is 12.2 Å². The lowest BCUT2D eigenvalue weighted by atomic mass is 10.1. The molecule has 0 bridgehead atoms. The van der Waals surface area contributed by atoms with Crippen molar-refractivity contribution < 1.29 is 0 Å². The third kappa shape index (κ3) is 9.87. The van der Waals surface area contributed by atoms with E-state index >= 15 is 0 Å². The molecular weight excluding hydrogens is 198 g/mol. The predicted molar refractivity (Wildman–Crippen MR) is 72.6 cm³/mol. The molecular formula is C13H27N3. The Labute approximate surface area is 100 Å². The Morgan fingerprint density at radius 2 is 2.00 bits per heavy atom. The highest BCUT2D eigenvalue weighted by Crippen LogP contribution is 2.04. The molecule has 0 aromatic carbocycles. The number of aliphatic imine (C=N–C) groups is 1. The predicted octanol–water partition coefficient (Wildman–Crippen LogP) is 2.46. The number of allylic oxidation sites excluding steroid dienone is 2. The van der Waals surface area contributed by atoms with Crippen LogP contribution in [0.5, 0.6) is 0 Å². The van der Waals surface area contributed by atoms with Gasteiger partial charge in [0.05, 0.1) is 6.17 Å². The zero-order chi connectivity index (χ0) is 12.4. The quantitative estimate of drug-likeness (QED) is 0.492. The van der Waals surface area contributed by atoms with Crippen molar-refractivity contribution in [2.45, 2.75) is 52.6 Å². The van der Waals surface area contributed by atoms with Gasteiger partial charge in [0.1, 0.15) is 0 Å². The largest absolute Gasteiger partial charge is 0.330 e. The third-order valence-corrected chi connectivity index (χ3v) is 2.27. The standard InChI is InChI=1S/C13H27N3/c1-11(2)10-13(15)16-12(3)8-6-4-5-7-9-14/h6,8,11,13H,4-5,7,9-10,14-15H2,1-3H3. The van der Waals surface area contributed by atoms with E-state index in [0.29, 0.717) is 5.92 Å². The molecule has 3 nitrogen and oxygen atoms in total. The molecule has 0 aliphatic heterocycles. The maximum Gasteiger partial charge on any atom is 0.0974 e. The summed E-state index contributed by atoms with van der Waals surface area (Å²) in [5.74, 6) is 0.597. The van der Waals surface area contributed by atoms with Crippen molar-refractivity contribution in [3.8, 4) is 0 Å². The molecule has 0 heterocycles. The molecule has 0 saturated heterocycles. The summed E-state index contributed by atoms with van der Waals surface area (Å²) in [6, 6.07) is 0. The molecule has 1 unspecified atom stereocenters. The maximum absolute atomic E-state index is 5.89. The Morgan fingerprint density at radius 3 is 2.56 bits per heavy atom. The molecule has 0 aliphatic carbocycles. The van der Waals surface area contributed by atoms with Crippen LogP contribution in [-0.2, 0) is 0 Å². The molecule has 0 radical (unpaired) electrons. The second kappa shape index (κ2) is 9.55. The van der Waals surface area contributed by atoms with Gasteiger partial charge in [-0.05, 0) is 51.1 Å². The van der Waals surface area contributed by atoms with E-state index in [-0.39, 0.29) is 6.17 Å². The van der Waals surface area contributed by atoms with Gasteiger partial charge in [0.2, 0.25) is 0 Å². The molecule has 1 atom stereocenters. The van der Waals surface area contributed by atoms with E-state index in [4.69, 9.17) is 11.5 Å². The lowest BCUT2D eigenvalue weighted by Crippen LogP contribution is -2.20. The van der Waals surface area contributed by atoms with Crippen molar-refractivity contribution in [2.24, 2.45) is 22.4 Å². The van der Waals surface area contributed by atoms with Crippen LogP contribution in [0.4, 0.5) is 0 Å². The second-order valence-corrected chi connectivity index (χ2v) is 4.65. The van der Waals surface area contributed by atoms with E-state index in [1.54, 1.807) is 0 Å². The Bertz CT molecular complexity index is 219. The molecule has 0 aromatic heterocycles. The van der Waals surface area contributed by atoms with Gasteiger partial charge in [-0.1, -0.05) is 19.9 Å². The van der Waals surface area contributed by atoms with Gasteiger partial charge in [0.15, 0.2) is 0 Å². The summed E-state index contributed by atoms with van der Waals surface area (Å²) in [5, 5.41) is 0. The molecule has 0 amide bonds. The number of hydrogen-bond donors (Lipinski definition) is 2. The van der Waals surface area contributed by atoms with Crippen LogP contribution in [0.15, 0.2) is 17.1 Å².